The third-order valence-electron chi connectivity index (χ3n) is 5.69. The number of rotatable bonds is 4. The van der Waals surface area contributed by atoms with Gasteiger partial charge >= 0.3 is 0 Å². The number of benzene rings is 2. The zero-order chi connectivity index (χ0) is 18.8. The number of hydrogen-bond acceptors (Lipinski definition) is 3. The number of carbonyl (C=O) groups excluding carboxylic acids is 1. The van der Waals surface area contributed by atoms with Crippen LogP contribution >= 0.6 is 0 Å². The average Bonchev–Trinajstić information content (AvgIpc) is 3.33. The Morgan fingerprint density at radius 2 is 1.96 bits per heavy atom. The SMILES string of the molecule is Cc1ccc([C@H]2CC(=O)N(c3cccc(C#N)c3)C2)cc1OC1CCCC1. The summed E-state index contributed by atoms with van der Waals surface area (Å²) in [5.74, 6) is 1.21. The van der Waals surface area contributed by atoms with Crippen molar-refractivity contribution in [1.29, 1.82) is 5.26 Å². The number of aryl methyl sites for hydroxylation is 1. The molecule has 1 saturated carbocycles. The van der Waals surface area contributed by atoms with Crippen LogP contribution in [0.4, 0.5) is 5.69 Å². The highest BCUT2D eigenvalue weighted by Crippen LogP contribution is 2.35. The second kappa shape index (κ2) is 7.44. The van der Waals surface area contributed by atoms with Crippen LogP contribution in [0.15, 0.2) is 42.5 Å². The average molecular weight is 360 g/mol. The van der Waals surface area contributed by atoms with Crippen molar-refractivity contribution >= 4 is 11.6 Å². The first-order valence-electron chi connectivity index (χ1n) is 9.72. The molecule has 2 aromatic carbocycles. The minimum absolute atomic E-state index is 0.105. The smallest absolute Gasteiger partial charge is 0.227 e. The van der Waals surface area contributed by atoms with Gasteiger partial charge in [0.1, 0.15) is 5.75 Å². The molecule has 2 aromatic rings. The van der Waals surface area contributed by atoms with E-state index in [9.17, 15) is 4.79 Å². The Labute approximate surface area is 160 Å². The Balaban J connectivity index is 1.54. The lowest BCUT2D eigenvalue weighted by Crippen LogP contribution is -2.24. The minimum Gasteiger partial charge on any atom is -0.490 e. The van der Waals surface area contributed by atoms with E-state index in [0.29, 0.717) is 24.6 Å². The van der Waals surface area contributed by atoms with Gasteiger partial charge < -0.3 is 9.64 Å². The maximum absolute atomic E-state index is 12.6. The summed E-state index contributed by atoms with van der Waals surface area (Å²) in [4.78, 5) is 14.4. The highest BCUT2D eigenvalue weighted by atomic mass is 16.5. The fourth-order valence-electron chi connectivity index (χ4n) is 4.11. The first-order chi connectivity index (χ1) is 13.1. The molecule has 0 N–H and O–H groups in total. The summed E-state index contributed by atoms with van der Waals surface area (Å²) in [5.41, 5.74) is 3.68. The number of carbonyl (C=O) groups is 1. The molecule has 138 valence electrons. The summed E-state index contributed by atoms with van der Waals surface area (Å²) >= 11 is 0. The summed E-state index contributed by atoms with van der Waals surface area (Å²) < 4.78 is 6.24. The fraction of sp³-hybridized carbons (Fsp3) is 0.391. The van der Waals surface area contributed by atoms with Gasteiger partial charge in [-0.25, -0.2) is 0 Å². The normalized spacial score (nSPS) is 20.1. The van der Waals surface area contributed by atoms with Crippen LogP contribution in [-0.4, -0.2) is 18.6 Å². The first-order valence-corrected chi connectivity index (χ1v) is 9.72. The van der Waals surface area contributed by atoms with Gasteiger partial charge in [0.15, 0.2) is 0 Å². The van der Waals surface area contributed by atoms with Crippen molar-refractivity contribution in [3.8, 4) is 11.8 Å². The summed E-state index contributed by atoms with van der Waals surface area (Å²) in [5, 5.41) is 9.11. The molecule has 0 unspecified atom stereocenters. The van der Waals surface area contributed by atoms with Gasteiger partial charge in [0.25, 0.3) is 0 Å². The molecular weight excluding hydrogens is 336 g/mol. The lowest BCUT2D eigenvalue weighted by atomic mass is 9.97. The van der Waals surface area contributed by atoms with Gasteiger partial charge in [0, 0.05) is 24.6 Å². The quantitative estimate of drug-likeness (QED) is 0.793. The molecule has 0 spiro atoms. The molecular formula is C23H24N2O2. The highest BCUT2D eigenvalue weighted by Gasteiger charge is 2.32. The molecule has 2 aliphatic rings. The van der Waals surface area contributed by atoms with Crippen molar-refractivity contribution in [3.63, 3.8) is 0 Å². The van der Waals surface area contributed by atoms with Crippen LogP contribution in [0.3, 0.4) is 0 Å². The van der Waals surface area contributed by atoms with E-state index in [-0.39, 0.29) is 11.8 Å². The predicted octanol–water partition coefficient (Wildman–Crippen LogP) is 4.71. The Kier molecular flexibility index (Phi) is 4.85. The molecule has 27 heavy (non-hydrogen) atoms. The van der Waals surface area contributed by atoms with Crippen LogP contribution in [0.2, 0.25) is 0 Å². The molecule has 4 nitrogen and oxygen atoms in total. The van der Waals surface area contributed by atoms with Gasteiger partial charge in [-0.05, 0) is 68.0 Å². The molecule has 1 heterocycles. The number of amides is 1. The molecule has 1 saturated heterocycles. The summed E-state index contributed by atoms with van der Waals surface area (Å²) in [6.07, 6.45) is 5.58. The van der Waals surface area contributed by atoms with Crippen LogP contribution in [0.25, 0.3) is 0 Å². The van der Waals surface area contributed by atoms with E-state index in [2.05, 4.69) is 31.2 Å². The number of hydrogen-bond donors (Lipinski definition) is 0. The molecule has 4 heteroatoms. The van der Waals surface area contributed by atoms with Crippen molar-refractivity contribution in [2.24, 2.45) is 0 Å². The first kappa shape index (κ1) is 17.6. The van der Waals surface area contributed by atoms with Crippen LogP contribution in [-0.2, 0) is 4.79 Å². The van der Waals surface area contributed by atoms with Gasteiger partial charge in [0.2, 0.25) is 5.91 Å². The van der Waals surface area contributed by atoms with Crippen LogP contribution in [0, 0.1) is 18.3 Å². The van der Waals surface area contributed by atoms with E-state index in [4.69, 9.17) is 10.00 Å². The van der Waals surface area contributed by atoms with Gasteiger partial charge in [-0.2, -0.15) is 5.26 Å². The van der Waals surface area contributed by atoms with E-state index >= 15 is 0 Å². The lowest BCUT2D eigenvalue weighted by molar-refractivity contribution is -0.117. The Morgan fingerprint density at radius 1 is 1.15 bits per heavy atom. The molecule has 1 aliphatic carbocycles. The maximum Gasteiger partial charge on any atom is 0.227 e. The third kappa shape index (κ3) is 3.68. The molecule has 0 aromatic heterocycles. The van der Waals surface area contributed by atoms with Crippen molar-refractivity contribution in [2.75, 3.05) is 11.4 Å². The van der Waals surface area contributed by atoms with E-state index < -0.39 is 0 Å². The fourth-order valence-corrected chi connectivity index (χ4v) is 4.11. The van der Waals surface area contributed by atoms with E-state index in [1.807, 2.05) is 12.1 Å². The maximum atomic E-state index is 12.6. The zero-order valence-corrected chi connectivity index (χ0v) is 15.6. The van der Waals surface area contributed by atoms with Crippen molar-refractivity contribution in [3.05, 3.63) is 59.2 Å². The van der Waals surface area contributed by atoms with Gasteiger partial charge in [-0.15, -0.1) is 0 Å². The second-order valence-corrected chi connectivity index (χ2v) is 7.62. The molecule has 1 amide bonds. The number of anilines is 1. The number of nitrogens with zero attached hydrogens (tertiary/aromatic N) is 2. The molecule has 1 atom stereocenters. The van der Waals surface area contributed by atoms with Crippen molar-refractivity contribution in [2.45, 2.75) is 51.0 Å². The standard InChI is InChI=1S/C23H24N2O2/c1-16-9-10-18(12-22(16)27-21-7-2-3-8-21)19-13-23(26)25(15-19)20-6-4-5-17(11-20)14-24/h4-6,9-12,19,21H,2-3,7-8,13,15H2,1H3/t19-/m0/s1. The van der Waals surface area contributed by atoms with Gasteiger partial charge in [-0.1, -0.05) is 18.2 Å². The number of nitriles is 1. The van der Waals surface area contributed by atoms with Crippen LogP contribution in [0.1, 0.15) is 54.7 Å². The lowest BCUT2D eigenvalue weighted by Gasteiger charge is -2.19. The largest absolute Gasteiger partial charge is 0.490 e. The van der Waals surface area contributed by atoms with Gasteiger partial charge in [-0.3, -0.25) is 4.79 Å². The van der Waals surface area contributed by atoms with Crippen molar-refractivity contribution in [1.82, 2.24) is 0 Å². The van der Waals surface area contributed by atoms with Crippen molar-refractivity contribution < 1.29 is 9.53 Å². The number of ether oxygens (including phenoxy) is 1. The van der Waals surface area contributed by atoms with Crippen LogP contribution in [0.5, 0.6) is 5.75 Å². The molecule has 0 bridgehead atoms. The molecule has 0 radical (unpaired) electrons. The second-order valence-electron chi connectivity index (χ2n) is 7.62. The molecule has 2 fully saturated rings. The predicted molar refractivity (Wildman–Crippen MR) is 105 cm³/mol. The topological polar surface area (TPSA) is 53.3 Å². The summed E-state index contributed by atoms with van der Waals surface area (Å²) in [6.45, 7) is 2.72. The third-order valence-corrected chi connectivity index (χ3v) is 5.69. The van der Waals surface area contributed by atoms with Gasteiger partial charge in [0.05, 0.1) is 17.7 Å². The Morgan fingerprint density at radius 3 is 2.74 bits per heavy atom. The summed E-state index contributed by atoms with van der Waals surface area (Å²) in [7, 11) is 0. The van der Waals surface area contributed by atoms with E-state index in [0.717, 1.165) is 35.4 Å². The molecule has 1 aliphatic heterocycles. The summed E-state index contributed by atoms with van der Waals surface area (Å²) in [6, 6.07) is 15.7. The van der Waals surface area contributed by atoms with Crippen LogP contribution < -0.4 is 9.64 Å². The zero-order valence-electron chi connectivity index (χ0n) is 15.6. The monoisotopic (exact) mass is 360 g/mol. The van der Waals surface area contributed by atoms with E-state index in [1.165, 1.54) is 12.8 Å². The highest BCUT2D eigenvalue weighted by molar-refractivity contribution is 5.96. The Hall–Kier alpha value is -2.80. The molecule has 4 rings (SSSR count). The van der Waals surface area contributed by atoms with E-state index in [1.54, 1.807) is 17.0 Å². The minimum atomic E-state index is 0.105. The Bertz CT molecular complexity index is 893.